The molecule has 0 saturated carbocycles. The number of nitrogens with zero attached hydrogens (tertiary/aromatic N) is 3. The average Bonchev–Trinajstić information content (AvgIpc) is 2.78. The summed E-state index contributed by atoms with van der Waals surface area (Å²) >= 11 is 0. The Balaban J connectivity index is 1.75. The lowest BCUT2D eigenvalue weighted by atomic mass is 9.72. The van der Waals surface area contributed by atoms with Crippen LogP contribution in [0.5, 0.6) is 0 Å². The largest absolute Gasteiger partial charge is 0.369 e. The summed E-state index contributed by atoms with van der Waals surface area (Å²) in [5.41, 5.74) is 7.09. The third-order valence-electron chi connectivity index (χ3n) is 5.12. The number of halogens is 1. The van der Waals surface area contributed by atoms with Gasteiger partial charge in [-0.05, 0) is 56.1 Å². The monoisotopic (exact) mass is 274 g/mol. The Bertz CT molecular complexity index is 547. The smallest absolute Gasteiger partial charge is 0.196 e. The summed E-state index contributed by atoms with van der Waals surface area (Å²) in [6.07, 6.45) is 2.42. The van der Waals surface area contributed by atoms with Crippen LogP contribution in [0.25, 0.3) is 0 Å². The van der Waals surface area contributed by atoms with Crippen LogP contribution in [0.2, 0.25) is 0 Å². The molecule has 2 bridgehead atoms. The van der Waals surface area contributed by atoms with E-state index in [9.17, 15) is 4.39 Å². The fourth-order valence-corrected chi connectivity index (χ4v) is 4.14. The molecule has 0 radical (unpaired) electrons. The Morgan fingerprint density at radius 3 is 2.50 bits per heavy atom. The molecule has 4 nitrogen and oxygen atoms in total. The van der Waals surface area contributed by atoms with Crippen molar-refractivity contribution in [2.45, 2.75) is 18.4 Å². The van der Waals surface area contributed by atoms with Crippen LogP contribution in [-0.2, 0) is 0 Å². The molecule has 3 fully saturated rings. The molecule has 1 aromatic rings. The van der Waals surface area contributed by atoms with Crippen molar-refractivity contribution in [3.05, 3.63) is 30.1 Å². The Morgan fingerprint density at radius 2 is 1.90 bits per heavy atom. The minimum absolute atomic E-state index is 0.0155. The van der Waals surface area contributed by atoms with Gasteiger partial charge >= 0.3 is 0 Å². The van der Waals surface area contributed by atoms with Gasteiger partial charge in [0, 0.05) is 12.2 Å². The van der Waals surface area contributed by atoms with Crippen molar-refractivity contribution in [2.75, 3.05) is 31.1 Å². The van der Waals surface area contributed by atoms with Gasteiger partial charge in [-0.15, -0.1) is 0 Å². The summed E-state index contributed by atoms with van der Waals surface area (Å²) in [5, 5.41) is 0. The summed E-state index contributed by atoms with van der Waals surface area (Å²) < 4.78 is 13.2. The first-order valence-electron chi connectivity index (χ1n) is 7.27. The molecule has 1 atom stereocenters. The second-order valence-electron chi connectivity index (χ2n) is 6.14. The Labute approximate surface area is 118 Å². The highest BCUT2D eigenvalue weighted by molar-refractivity contribution is 5.98. The molecule has 0 aromatic heterocycles. The molecule has 1 aromatic carbocycles. The lowest BCUT2D eigenvalue weighted by molar-refractivity contribution is 0.0391. The molecule has 4 heterocycles. The van der Waals surface area contributed by atoms with Crippen LogP contribution in [0.3, 0.4) is 0 Å². The minimum Gasteiger partial charge on any atom is -0.369 e. The van der Waals surface area contributed by atoms with Crippen molar-refractivity contribution >= 4 is 11.6 Å². The van der Waals surface area contributed by atoms with E-state index in [2.05, 4.69) is 14.8 Å². The number of guanidine groups is 1. The standard InChI is InChI=1S/C15H19FN4/c16-12-1-3-13(4-2-12)20-14(17)18-9-15(20)10-19-7-5-11(15)6-8-19/h1-4,11H,5-10H2,(H2,17,18). The molecule has 4 aliphatic heterocycles. The molecule has 0 amide bonds. The van der Waals surface area contributed by atoms with Crippen molar-refractivity contribution in [3.63, 3.8) is 0 Å². The predicted octanol–water partition coefficient (Wildman–Crippen LogP) is 1.42. The van der Waals surface area contributed by atoms with E-state index in [0.717, 1.165) is 18.8 Å². The molecular weight excluding hydrogens is 255 g/mol. The molecule has 3 saturated heterocycles. The van der Waals surface area contributed by atoms with Gasteiger partial charge < -0.3 is 15.5 Å². The molecule has 5 heteroatoms. The molecule has 1 unspecified atom stereocenters. The lowest BCUT2D eigenvalue weighted by Crippen LogP contribution is -2.68. The van der Waals surface area contributed by atoms with E-state index in [0.29, 0.717) is 11.9 Å². The van der Waals surface area contributed by atoms with Crippen LogP contribution in [0.4, 0.5) is 10.1 Å². The maximum atomic E-state index is 13.2. The fourth-order valence-electron chi connectivity index (χ4n) is 4.14. The highest BCUT2D eigenvalue weighted by Crippen LogP contribution is 2.44. The first-order chi connectivity index (χ1) is 9.69. The van der Waals surface area contributed by atoms with Crippen LogP contribution in [0.1, 0.15) is 12.8 Å². The van der Waals surface area contributed by atoms with Crippen molar-refractivity contribution in [3.8, 4) is 0 Å². The molecule has 106 valence electrons. The van der Waals surface area contributed by atoms with Gasteiger partial charge in [0.2, 0.25) is 0 Å². The normalized spacial score (nSPS) is 35.6. The van der Waals surface area contributed by atoms with Crippen molar-refractivity contribution in [1.29, 1.82) is 0 Å². The van der Waals surface area contributed by atoms with E-state index < -0.39 is 0 Å². The number of hydrogen-bond acceptors (Lipinski definition) is 4. The van der Waals surface area contributed by atoms with E-state index >= 15 is 0 Å². The molecule has 5 rings (SSSR count). The van der Waals surface area contributed by atoms with Crippen LogP contribution in [0.15, 0.2) is 29.3 Å². The maximum Gasteiger partial charge on any atom is 0.196 e. The number of anilines is 1. The van der Waals surface area contributed by atoms with Gasteiger partial charge in [-0.2, -0.15) is 0 Å². The second kappa shape index (κ2) is 4.19. The predicted molar refractivity (Wildman–Crippen MR) is 77.3 cm³/mol. The van der Waals surface area contributed by atoms with E-state index in [-0.39, 0.29) is 11.4 Å². The number of piperidine rings is 3. The van der Waals surface area contributed by atoms with Gasteiger partial charge in [0.1, 0.15) is 5.82 Å². The summed E-state index contributed by atoms with van der Waals surface area (Å²) in [5.74, 6) is 0.985. The quantitative estimate of drug-likeness (QED) is 0.842. The van der Waals surface area contributed by atoms with Crippen LogP contribution in [0, 0.1) is 11.7 Å². The third-order valence-corrected chi connectivity index (χ3v) is 5.12. The minimum atomic E-state index is -0.216. The van der Waals surface area contributed by atoms with Crippen molar-refractivity contribution < 1.29 is 4.39 Å². The Morgan fingerprint density at radius 1 is 1.20 bits per heavy atom. The van der Waals surface area contributed by atoms with Crippen LogP contribution in [-0.4, -0.2) is 42.6 Å². The number of fused-ring (bicyclic) bond motifs is 2. The topological polar surface area (TPSA) is 44.9 Å². The maximum absolute atomic E-state index is 13.2. The molecular formula is C15H19FN4. The Hall–Kier alpha value is -1.62. The summed E-state index contributed by atoms with van der Waals surface area (Å²) in [6.45, 7) is 4.14. The van der Waals surface area contributed by atoms with Crippen molar-refractivity contribution in [2.24, 2.45) is 16.6 Å². The zero-order chi connectivity index (χ0) is 13.7. The highest BCUT2D eigenvalue weighted by atomic mass is 19.1. The summed E-state index contributed by atoms with van der Waals surface area (Å²) in [4.78, 5) is 9.17. The SMILES string of the molecule is NC1=NCC2(CN3CCC2CC3)N1c1ccc(F)cc1. The number of nitrogens with two attached hydrogens (primary N) is 1. The third kappa shape index (κ3) is 1.59. The van der Waals surface area contributed by atoms with Crippen LogP contribution >= 0.6 is 0 Å². The zero-order valence-electron chi connectivity index (χ0n) is 11.4. The number of hydrogen-bond donors (Lipinski definition) is 1. The molecule has 2 N–H and O–H groups in total. The van der Waals surface area contributed by atoms with Gasteiger partial charge in [0.25, 0.3) is 0 Å². The first-order valence-corrected chi connectivity index (χ1v) is 7.27. The first kappa shape index (κ1) is 12.1. The van der Waals surface area contributed by atoms with Gasteiger partial charge in [0.15, 0.2) is 5.96 Å². The molecule has 0 aliphatic carbocycles. The van der Waals surface area contributed by atoms with E-state index in [1.165, 1.54) is 38.1 Å². The highest BCUT2D eigenvalue weighted by Gasteiger charge is 2.54. The zero-order valence-corrected chi connectivity index (χ0v) is 11.4. The summed E-state index contributed by atoms with van der Waals surface area (Å²) in [6, 6.07) is 6.61. The molecule has 20 heavy (non-hydrogen) atoms. The number of rotatable bonds is 1. The molecule has 1 spiro atoms. The summed E-state index contributed by atoms with van der Waals surface area (Å²) in [7, 11) is 0. The average molecular weight is 274 g/mol. The van der Waals surface area contributed by atoms with Gasteiger partial charge in [-0.3, -0.25) is 4.99 Å². The van der Waals surface area contributed by atoms with E-state index in [1.807, 2.05) is 12.1 Å². The number of aliphatic imine (C=N–C) groups is 1. The molecule has 4 aliphatic rings. The van der Waals surface area contributed by atoms with Crippen molar-refractivity contribution in [1.82, 2.24) is 4.90 Å². The second-order valence-corrected chi connectivity index (χ2v) is 6.14. The van der Waals surface area contributed by atoms with E-state index in [4.69, 9.17) is 5.73 Å². The fraction of sp³-hybridized carbons (Fsp3) is 0.533. The lowest BCUT2D eigenvalue weighted by Gasteiger charge is -2.55. The van der Waals surface area contributed by atoms with Gasteiger partial charge in [-0.1, -0.05) is 0 Å². The van der Waals surface area contributed by atoms with Gasteiger partial charge in [0.05, 0.1) is 12.1 Å². The van der Waals surface area contributed by atoms with E-state index in [1.54, 1.807) is 0 Å². The van der Waals surface area contributed by atoms with Gasteiger partial charge in [-0.25, -0.2) is 4.39 Å². The van der Waals surface area contributed by atoms with Crippen LogP contribution < -0.4 is 10.6 Å². The number of benzene rings is 1. The Kier molecular flexibility index (Phi) is 2.54.